The van der Waals surface area contributed by atoms with E-state index in [1.54, 1.807) is 26.0 Å². The molecule has 0 aromatic carbocycles. The molecular weight excluding hydrogens is 166 g/mol. The van der Waals surface area contributed by atoms with Crippen LogP contribution in [-0.2, 0) is 8.85 Å². The van der Waals surface area contributed by atoms with Gasteiger partial charge < -0.3 is 8.85 Å². The normalized spacial score (nSPS) is 18.1. The van der Waals surface area contributed by atoms with E-state index in [0.29, 0.717) is 0 Å². The first kappa shape index (κ1) is 8.26. The second kappa shape index (κ2) is 4.12. The zero-order valence-corrected chi connectivity index (χ0v) is 8.13. The van der Waals surface area contributed by atoms with E-state index in [2.05, 4.69) is 4.99 Å². The topological polar surface area (TPSA) is 30.8 Å². The van der Waals surface area contributed by atoms with Crippen LogP contribution in [0.2, 0.25) is 0 Å². The molecule has 0 saturated carbocycles. The molecule has 0 aliphatic carbocycles. The molecule has 0 radical (unpaired) electrons. The van der Waals surface area contributed by atoms with Crippen LogP contribution >= 0.6 is 11.8 Å². The highest BCUT2D eigenvalue weighted by molar-refractivity contribution is 8.17. The van der Waals surface area contributed by atoms with E-state index in [1.165, 1.54) is 0 Å². The summed E-state index contributed by atoms with van der Waals surface area (Å²) in [5.74, 6) is 1.09. The third-order valence-electron chi connectivity index (χ3n) is 1.24. The van der Waals surface area contributed by atoms with Gasteiger partial charge in [-0.05, 0) is 0 Å². The van der Waals surface area contributed by atoms with Gasteiger partial charge in [0.2, 0.25) is 0 Å². The average molecular weight is 177 g/mol. The first-order valence-electron chi connectivity index (χ1n) is 3.11. The maximum Gasteiger partial charge on any atom is 0.380 e. The molecule has 0 aromatic heterocycles. The number of hydrogen-bond donors (Lipinski definition) is 0. The van der Waals surface area contributed by atoms with Crippen LogP contribution in [0.25, 0.3) is 0 Å². The van der Waals surface area contributed by atoms with Crippen LogP contribution in [0.1, 0.15) is 0 Å². The summed E-state index contributed by atoms with van der Waals surface area (Å²) in [6.45, 7) is 0.927. The van der Waals surface area contributed by atoms with Crippen molar-refractivity contribution < 1.29 is 8.85 Å². The number of rotatable bonds is 3. The standard InChI is InChI=1S/C5H11NO2SSi/c1-7-10(8-2)5-6-3-4-9-5/h10H,3-4H2,1-2H3. The number of aliphatic imine (C=N–C) groups is 1. The molecule has 58 valence electrons. The van der Waals surface area contributed by atoms with Crippen molar-refractivity contribution in [2.45, 2.75) is 0 Å². The van der Waals surface area contributed by atoms with Crippen LogP contribution in [-0.4, -0.2) is 40.5 Å². The van der Waals surface area contributed by atoms with Gasteiger partial charge in [0.1, 0.15) is 4.67 Å². The van der Waals surface area contributed by atoms with Crippen LogP contribution in [0.3, 0.4) is 0 Å². The molecule has 0 unspecified atom stereocenters. The van der Waals surface area contributed by atoms with Crippen LogP contribution in [0.15, 0.2) is 4.99 Å². The second-order valence-corrected chi connectivity index (χ2v) is 5.56. The maximum absolute atomic E-state index is 5.15. The van der Waals surface area contributed by atoms with Crippen molar-refractivity contribution >= 4 is 25.7 Å². The second-order valence-electron chi connectivity index (χ2n) is 1.87. The molecule has 5 heteroatoms. The molecule has 0 fully saturated rings. The van der Waals surface area contributed by atoms with E-state index in [-0.39, 0.29) is 0 Å². The van der Waals surface area contributed by atoms with Crippen LogP contribution in [0, 0.1) is 0 Å². The molecule has 1 aliphatic rings. The molecule has 10 heavy (non-hydrogen) atoms. The summed E-state index contributed by atoms with van der Waals surface area (Å²) < 4.78 is 11.4. The SMILES string of the molecule is CO[SiH](OC)C1=NCCS1. The molecule has 1 heterocycles. The smallest absolute Gasteiger partial charge is 0.380 e. The Morgan fingerprint density at radius 2 is 2.20 bits per heavy atom. The van der Waals surface area contributed by atoms with Crippen molar-refractivity contribution in [3.63, 3.8) is 0 Å². The van der Waals surface area contributed by atoms with Crippen molar-refractivity contribution in [1.29, 1.82) is 0 Å². The quantitative estimate of drug-likeness (QED) is 0.576. The van der Waals surface area contributed by atoms with Crippen molar-refractivity contribution in [3.8, 4) is 0 Å². The third kappa shape index (κ3) is 1.82. The lowest BCUT2D eigenvalue weighted by atomic mass is 10.8. The van der Waals surface area contributed by atoms with Crippen LogP contribution < -0.4 is 0 Å². The Bertz CT molecular complexity index is 138. The van der Waals surface area contributed by atoms with E-state index in [0.717, 1.165) is 17.0 Å². The Morgan fingerprint density at radius 1 is 1.50 bits per heavy atom. The van der Waals surface area contributed by atoms with Gasteiger partial charge in [-0.15, -0.1) is 11.8 Å². The Hall–Kier alpha value is 0.157. The fraction of sp³-hybridized carbons (Fsp3) is 0.800. The van der Waals surface area contributed by atoms with Crippen LogP contribution in [0.5, 0.6) is 0 Å². The molecule has 3 nitrogen and oxygen atoms in total. The Labute approximate surface area is 66.7 Å². The van der Waals surface area contributed by atoms with Gasteiger partial charge in [-0.3, -0.25) is 4.99 Å². The minimum Gasteiger partial charge on any atom is -0.396 e. The first-order valence-corrected chi connectivity index (χ1v) is 5.61. The Balaban J connectivity index is 2.44. The molecule has 0 N–H and O–H groups in total. The van der Waals surface area contributed by atoms with E-state index < -0.39 is 9.28 Å². The summed E-state index contributed by atoms with van der Waals surface area (Å²) in [6, 6.07) is 0. The van der Waals surface area contributed by atoms with Gasteiger partial charge in [0, 0.05) is 26.5 Å². The highest BCUT2D eigenvalue weighted by Crippen LogP contribution is 2.14. The molecule has 0 bridgehead atoms. The summed E-state index contributed by atoms with van der Waals surface area (Å²) in [6.07, 6.45) is 0. The van der Waals surface area contributed by atoms with E-state index in [9.17, 15) is 0 Å². The monoisotopic (exact) mass is 177 g/mol. The van der Waals surface area contributed by atoms with Crippen molar-refractivity contribution in [1.82, 2.24) is 0 Å². The minimum atomic E-state index is -1.53. The largest absolute Gasteiger partial charge is 0.396 e. The zero-order valence-electron chi connectivity index (χ0n) is 6.16. The molecular formula is C5H11NO2SSi. The number of thioether (sulfide) groups is 1. The lowest BCUT2D eigenvalue weighted by molar-refractivity contribution is 0.296. The fourth-order valence-electron chi connectivity index (χ4n) is 0.792. The molecule has 0 atom stereocenters. The van der Waals surface area contributed by atoms with Gasteiger partial charge in [0.05, 0.1) is 0 Å². The van der Waals surface area contributed by atoms with Gasteiger partial charge in [0.15, 0.2) is 0 Å². The fourth-order valence-corrected chi connectivity index (χ4v) is 3.72. The lowest BCUT2D eigenvalue weighted by Gasteiger charge is -2.08. The molecule has 0 spiro atoms. The molecule has 0 saturated heterocycles. The Kier molecular flexibility index (Phi) is 3.40. The van der Waals surface area contributed by atoms with Gasteiger partial charge >= 0.3 is 9.28 Å². The van der Waals surface area contributed by atoms with Crippen molar-refractivity contribution in [2.24, 2.45) is 4.99 Å². The van der Waals surface area contributed by atoms with E-state index in [4.69, 9.17) is 8.85 Å². The van der Waals surface area contributed by atoms with Crippen molar-refractivity contribution in [3.05, 3.63) is 0 Å². The van der Waals surface area contributed by atoms with Gasteiger partial charge in [-0.2, -0.15) is 0 Å². The van der Waals surface area contributed by atoms with Gasteiger partial charge in [-0.25, -0.2) is 0 Å². The number of hydrogen-bond acceptors (Lipinski definition) is 4. The minimum absolute atomic E-state index is 0.927. The molecule has 1 aliphatic heterocycles. The average Bonchev–Trinajstić information content (AvgIpc) is 2.43. The van der Waals surface area contributed by atoms with Gasteiger partial charge in [0.25, 0.3) is 0 Å². The zero-order chi connectivity index (χ0) is 7.40. The molecule has 0 amide bonds. The third-order valence-corrected chi connectivity index (χ3v) is 4.57. The predicted molar refractivity (Wildman–Crippen MR) is 45.9 cm³/mol. The highest BCUT2D eigenvalue weighted by Gasteiger charge is 2.21. The lowest BCUT2D eigenvalue weighted by Crippen LogP contribution is -2.27. The summed E-state index contributed by atoms with van der Waals surface area (Å²) in [5, 5.41) is 0. The molecule has 0 aromatic rings. The van der Waals surface area contributed by atoms with Crippen LogP contribution in [0.4, 0.5) is 0 Å². The van der Waals surface area contributed by atoms with E-state index in [1.807, 2.05) is 0 Å². The maximum atomic E-state index is 5.15. The Morgan fingerprint density at radius 3 is 2.60 bits per heavy atom. The van der Waals surface area contributed by atoms with Crippen molar-refractivity contribution in [2.75, 3.05) is 26.5 Å². The summed E-state index contributed by atoms with van der Waals surface area (Å²) in [5.41, 5.74) is 0. The molecule has 1 rings (SSSR count). The highest BCUT2D eigenvalue weighted by atomic mass is 32.2. The predicted octanol–water partition coefficient (Wildman–Crippen LogP) is 0.184. The summed E-state index contributed by atoms with van der Waals surface area (Å²) in [4.78, 5) is 4.27. The summed E-state index contributed by atoms with van der Waals surface area (Å²) in [7, 11) is 1.83. The summed E-state index contributed by atoms with van der Waals surface area (Å²) >= 11 is 1.76. The first-order chi connectivity index (χ1) is 4.88. The van der Waals surface area contributed by atoms with Gasteiger partial charge in [-0.1, -0.05) is 0 Å². The number of nitrogens with zero attached hydrogens (tertiary/aromatic N) is 1. The van der Waals surface area contributed by atoms with E-state index >= 15 is 0 Å².